The van der Waals surface area contributed by atoms with Crippen LogP contribution in [0.15, 0.2) is 33.7 Å². The zero-order valence-electron chi connectivity index (χ0n) is 16.3. The molecule has 1 aromatic heterocycles. The van der Waals surface area contributed by atoms with Gasteiger partial charge in [0.25, 0.3) is 0 Å². The standard InChI is InChI=1S/C19H25N3O5S/c1-4-26-17-9-7-16(8-10-17)20-19(23)15-6-5-11-22(12-15)28(24,25)18-13(2)21-27-14(18)3/h7-10,15H,4-6,11-12H2,1-3H3,(H,20,23)/t15-/m0/s1. The summed E-state index contributed by atoms with van der Waals surface area (Å²) in [6.45, 7) is 6.16. The summed E-state index contributed by atoms with van der Waals surface area (Å²) in [6, 6.07) is 7.11. The average molecular weight is 407 g/mol. The van der Waals surface area contributed by atoms with Gasteiger partial charge in [0.15, 0.2) is 5.76 Å². The van der Waals surface area contributed by atoms with Crippen LogP contribution in [-0.2, 0) is 14.8 Å². The smallest absolute Gasteiger partial charge is 0.248 e. The summed E-state index contributed by atoms with van der Waals surface area (Å²) >= 11 is 0. The number of rotatable bonds is 6. The number of sulfonamides is 1. The summed E-state index contributed by atoms with van der Waals surface area (Å²) in [6.07, 6.45) is 1.25. The van der Waals surface area contributed by atoms with Gasteiger partial charge >= 0.3 is 0 Å². The highest BCUT2D eigenvalue weighted by Gasteiger charge is 2.36. The normalized spacial score (nSPS) is 18.0. The third-order valence-corrected chi connectivity index (χ3v) is 6.86. The summed E-state index contributed by atoms with van der Waals surface area (Å²) in [7, 11) is -3.75. The van der Waals surface area contributed by atoms with Gasteiger partial charge in [-0.2, -0.15) is 4.31 Å². The molecule has 1 aliphatic heterocycles. The van der Waals surface area contributed by atoms with Crippen LogP contribution in [0.25, 0.3) is 0 Å². The Labute approximate surface area is 164 Å². The Hall–Kier alpha value is -2.39. The molecule has 2 heterocycles. The summed E-state index contributed by atoms with van der Waals surface area (Å²) in [5.74, 6) is 0.381. The lowest BCUT2D eigenvalue weighted by Gasteiger charge is -2.31. The van der Waals surface area contributed by atoms with E-state index < -0.39 is 15.9 Å². The fraction of sp³-hybridized carbons (Fsp3) is 0.474. The molecule has 1 aliphatic rings. The minimum Gasteiger partial charge on any atom is -0.494 e. The van der Waals surface area contributed by atoms with Gasteiger partial charge in [-0.3, -0.25) is 4.79 Å². The molecule has 152 valence electrons. The first-order valence-corrected chi connectivity index (χ1v) is 10.7. The molecule has 9 heteroatoms. The van der Waals surface area contributed by atoms with Gasteiger partial charge < -0.3 is 14.6 Å². The molecule has 1 saturated heterocycles. The SMILES string of the molecule is CCOc1ccc(NC(=O)[C@H]2CCCN(S(=O)(=O)c3c(C)noc3C)C2)cc1. The third kappa shape index (κ3) is 4.20. The number of amides is 1. The lowest BCUT2D eigenvalue weighted by molar-refractivity contribution is -0.120. The number of hydrogen-bond acceptors (Lipinski definition) is 6. The van der Waals surface area contributed by atoms with Gasteiger partial charge in [0.1, 0.15) is 16.3 Å². The van der Waals surface area contributed by atoms with Crippen molar-refractivity contribution >= 4 is 21.6 Å². The fourth-order valence-electron chi connectivity index (χ4n) is 3.39. The van der Waals surface area contributed by atoms with E-state index in [0.717, 1.165) is 5.75 Å². The number of anilines is 1. The van der Waals surface area contributed by atoms with Crippen molar-refractivity contribution in [2.75, 3.05) is 25.0 Å². The predicted molar refractivity (Wildman–Crippen MR) is 104 cm³/mol. The number of nitrogens with zero attached hydrogens (tertiary/aromatic N) is 2. The number of nitrogens with one attached hydrogen (secondary N) is 1. The monoisotopic (exact) mass is 407 g/mol. The maximum Gasteiger partial charge on any atom is 0.248 e. The van der Waals surface area contributed by atoms with Crippen LogP contribution >= 0.6 is 0 Å². The molecule has 0 aliphatic carbocycles. The van der Waals surface area contributed by atoms with Crippen LogP contribution in [0.5, 0.6) is 5.75 Å². The topological polar surface area (TPSA) is 102 Å². The highest BCUT2D eigenvalue weighted by Crippen LogP contribution is 2.28. The van der Waals surface area contributed by atoms with E-state index in [1.54, 1.807) is 38.1 Å². The van der Waals surface area contributed by atoms with Gasteiger partial charge in [-0.25, -0.2) is 8.42 Å². The maximum atomic E-state index is 13.0. The van der Waals surface area contributed by atoms with Crippen LogP contribution < -0.4 is 10.1 Å². The van der Waals surface area contributed by atoms with E-state index in [1.165, 1.54) is 4.31 Å². The largest absolute Gasteiger partial charge is 0.494 e. The quantitative estimate of drug-likeness (QED) is 0.790. The van der Waals surface area contributed by atoms with E-state index >= 15 is 0 Å². The fourth-order valence-corrected chi connectivity index (χ4v) is 5.21. The molecule has 1 amide bonds. The van der Waals surface area contributed by atoms with Gasteiger partial charge in [-0.05, 0) is 57.9 Å². The summed E-state index contributed by atoms with van der Waals surface area (Å²) in [4.78, 5) is 12.8. The Bertz CT molecular complexity index is 917. The van der Waals surface area contributed by atoms with Crippen molar-refractivity contribution in [2.24, 2.45) is 5.92 Å². The van der Waals surface area contributed by atoms with E-state index in [2.05, 4.69) is 10.5 Å². The molecule has 1 aromatic carbocycles. The first kappa shape index (κ1) is 20.3. The molecule has 0 saturated carbocycles. The number of piperidine rings is 1. The van der Waals surface area contributed by atoms with E-state index in [-0.39, 0.29) is 23.1 Å². The third-order valence-electron chi connectivity index (χ3n) is 4.75. The molecule has 28 heavy (non-hydrogen) atoms. The van der Waals surface area contributed by atoms with Crippen LogP contribution in [0.2, 0.25) is 0 Å². The van der Waals surface area contributed by atoms with Gasteiger partial charge in [0.05, 0.1) is 12.5 Å². The second kappa shape index (κ2) is 8.32. The lowest BCUT2D eigenvalue weighted by Crippen LogP contribution is -2.43. The molecule has 0 radical (unpaired) electrons. The second-order valence-corrected chi connectivity index (χ2v) is 8.68. The Kier molecular flexibility index (Phi) is 6.04. The predicted octanol–water partition coefficient (Wildman–Crippen LogP) is 2.73. The number of hydrogen-bond donors (Lipinski definition) is 1. The molecule has 1 N–H and O–H groups in total. The van der Waals surface area contributed by atoms with Crippen molar-refractivity contribution in [3.63, 3.8) is 0 Å². The molecule has 3 rings (SSSR count). The molecule has 0 unspecified atom stereocenters. The molecular weight excluding hydrogens is 382 g/mol. The van der Waals surface area contributed by atoms with Crippen molar-refractivity contribution in [2.45, 2.75) is 38.5 Å². The summed E-state index contributed by atoms with van der Waals surface area (Å²) in [5.41, 5.74) is 0.984. The van der Waals surface area contributed by atoms with E-state index in [9.17, 15) is 13.2 Å². The van der Waals surface area contributed by atoms with Crippen LogP contribution in [-0.4, -0.2) is 43.5 Å². The zero-order chi connectivity index (χ0) is 20.3. The maximum absolute atomic E-state index is 13.0. The Morgan fingerprint density at radius 1 is 1.32 bits per heavy atom. The van der Waals surface area contributed by atoms with Crippen molar-refractivity contribution < 1.29 is 22.5 Å². The van der Waals surface area contributed by atoms with Crippen molar-refractivity contribution in [3.8, 4) is 5.75 Å². The molecule has 0 bridgehead atoms. The Balaban J connectivity index is 1.69. The van der Waals surface area contributed by atoms with Crippen molar-refractivity contribution in [1.29, 1.82) is 0 Å². The molecular formula is C19H25N3O5S. The van der Waals surface area contributed by atoms with Crippen molar-refractivity contribution in [1.82, 2.24) is 9.46 Å². The Morgan fingerprint density at radius 3 is 2.64 bits per heavy atom. The second-order valence-electron chi connectivity index (χ2n) is 6.80. The van der Waals surface area contributed by atoms with Crippen LogP contribution in [0.3, 0.4) is 0 Å². The van der Waals surface area contributed by atoms with Crippen molar-refractivity contribution in [3.05, 3.63) is 35.7 Å². The van der Waals surface area contributed by atoms with E-state index in [1.807, 2.05) is 6.92 Å². The molecule has 2 aromatic rings. The summed E-state index contributed by atoms with van der Waals surface area (Å²) in [5, 5.41) is 6.60. The molecule has 0 spiro atoms. The number of carbonyl (C=O) groups is 1. The lowest BCUT2D eigenvalue weighted by atomic mass is 9.99. The molecule has 1 fully saturated rings. The zero-order valence-corrected chi connectivity index (χ0v) is 17.1. The Morgan fingerprint density at radius 2 is 2.04 bits per heavy atom. The number of aromatic nitrogens is 1. The summed E-state index contributed by atoms with van der Waals surface area (Å²) < 4.78 is 37.7. The minimum atomic E-state index is -3.75. The number of ether oxygens (including phenoxy) is 1. The molecule has 1 atom stereocenters. The number of aryl methyl sites for hydroxylation is 2. The van der Waals surface area contributed by atoms with E-state index in [0.29, 0.717) is 37.4 Å². The molecule has 8 nitrogen and oxygen atoms in total. The van der Waals surface area contributed by atoms with Gasteiger partial charge in [0.2, 0.25) is 15.9 Å². The number of benzene rings is 1. The van der Waals surface area contributed by atoms with Gasteiger partial charge in [-0.1, -0.05) is 5.16 Å². The first-order valence-electron chi connectivity index (χ1n) is 9.29. The van der Waals surface area contributed by atoms with Gasteiger partial charge in [0, 0.05) is 18.8 Å². The minimum absolute atomic E-state index is 0.0973. The highest BCUT2D eigenvalue weighted by atomic mass is 32.2. The van der Waals surface area contributed by atoms with Crippen LogP contribution in [0.4, 0.5) is 5.69 Å². The van der Waals surface area contributed by atoms with Crippen LogP contribution in [0.1, 0.15) is 31.2 Å². The van der Waals surface area contributed by atoms with E-state index in [4.69, 9.17) is 9.26 Å². The number of carbonyl (C=O) groups excluding carboxylic acids is 1. The van der Waals surface area contributed by atoms with Crippen LogP contribution in [0, 0.1) is 19.8 Å². The van der Waals surface area contributed by atoms with Gasteiger partial charge in [-0.15, -0.1) is 0 Å². The first-order chi connectivity index (χ1) is 13.3. The highest BCUT2D eigenvalue weighted by molar-refractivity contribution is 7.89. The average Bonchev–Trinajstić information content (AvgIpc) is 3.02.